The van der Waals surface area contributed by atoms with Crippen molar-refractivity contribution in [2.75, 3.05) is 50.9 Å². The zero-order valence-electron chi connectivity index (χ0n) is 23.2. The number of benzene rings is 3. The summed E-state index contributed by atoms with van der Waals surface area (Å²) in [4.78, 5) is 13.5. The number of alkyl halides is 1. The first kappa shape index (κ1) is 26.8. The third-order valence-electron chi connectivity index (χ3n) is 8.88. The lowest BCUT2D eigenvalue weighted by atomic mass is 9.92. The van der Waals surface area contributed by atoms with Gasteiger partial charge in [-0.2, -0.15) is 15.2 Å². The Morgan fingerprint density at radius 3 is 2.86 bits per heavy atom. The van der Waals surface area contributed by atoms with Crippen LogP contribution in [0, 0.1) is 17.1 Å². The second-order valence-electron chi connectivity index (χ2n) is 11.5. The van der Waals surface area contributed by atoms with Gasteiger partial charge in [0.25, 0.3) is 0 Å². The lowest BCUT2D eigenvalue weighted by Crippen LogP contribution is -2.43. The van der Waals surface area contributed by atoms with Gasteiger partial charge in [-0.05, 0) is 60.3 Å². The molecule has 10 heteroatoms. The Bertz CT molecular complexity index is 1720. The third-order valence-corrected chi connectivity index (χ3v) is 8.88. The predicted molar refractivity (Wildman–Crippen MR) is 155 cm³/mol. The highest BCUT2D eigenvalue weighted by molar-refractivity contribution is 6.03. The normalized spacial score (nSPS) is 22.8. The Morgan fingerprint density at radius 2 is 1.98 bits per heavy atom. The molecule has 1 N–H and O–H groups in total. The smallest absolute Gasteiger partial charge is 0.319 e. The lowest BCUT2D eigenvalue weighted by Gasteiger charge is -2.31. The zero-order valence-corrected chi connectivity index (χ0v) is 23.2. The molecular weight excluding hydrogens is 540 g/mol. The van der Waals surface area contributed by atoms with E-state index < -0.39 is 17.5 Å². The number of ether oxygens (including phenoxy) is 2. The van der Waals surface area contributed by atoms with Crippen molar-refractivity contribution in [3.05, 3.63) is 53.8 Å². The number of aromatic hydroxyl groups is 1. The molecule has 1 aromatic heterocycles. The minimum atomic E-state index is -0.902. The number of hydrogen-bond acceptors (Lipinski definition) is 8. The van der Waals surface area contributed by atoms with Crippen LogP contribution in [0.1, 0.15) is 31.2 Å². The van der Waals surface area contributed by atoms with Gasteiger partial charge in [-0.15, -0.1) is 0 Å². The van der Waals surface area contributed by atoms with Crippen molar-refractivity contribution < 1.29 is 23.4 Å². The molecule has 7 rings (SSSR count). The Hall–Kier alpha value is -4.07. The highest BCUT2D eigenvalue weighted by Gasteiger charge is 2.49. The van der Waals surface area contributed by atoms with Gasteiger partial charge in [-0.25, -0.2) is 8.78 Å². The molecule has 8 nitrogen and oxygen atoms in total. The topological polar surface area (TPSA) is 94.7 Å². The zero-order chi connectivity index (χ0) is 28.8. The van der Waals surface area contributed by atoms with E-state index in [1.807, 2.05) is 29.2 Å². The van der Waals surface area contributed by atoms with Gasteiger partial charge < -0.3 is 19.5 Å². The van der Waals surface area contributed by atoms with Crippen LogP contribution in [0.4, 0.5) is 14.6 Å². The van der Waals surface area contributed by atoms with Crippen LogP contribution < -0.4 is 9.64 Å². The quantitative estimate of drug-likeness (QED) is 0.343. The Labute approximate surface area is 242 Å². The van der Waals surface area contributed by atoms with Crippen LogP contribution in [0.3, 0.4) is 0 Å². The number of phenols is 1. The predicted octanol–water partition coefficient (Wildman–Crippen LogP) is 5.35. The Balaban J connectivity index is 1.40. The molecule has 0 radical (unpaired) electrons. The van der Waals surface area contributed by atoms with Crippen molar-refractivity contribution in [1.82, 2.24) is 14.9 Å². The summed E-state index contributed by atoms with van der Waals surface area (Å²) in [5, 5.41) is 22.5. The van der Waals surface area contributed by atoms with Crippen LogP contribution in [0.25, 0.3) is 32.8 Å². The van der Waals surface area contributed by atoms with Crippen molar-refractivity contribution in [2.45, 2.75) is 37.4 Å². The van der Waals surface area contributed by atoms with Gasteiger partial charge in [0.2, 0.25) is 0 Å². The van der Waals surface area contributed by atoms with E-state index in [9.17, 15) is 14.8 Å². The highest BCUT2D eigenvalue weighted by atomic mass is 19.1. The number of rotatable bonds is 5. The van der Waals surface area contributed by atoms with E-state index in [2.05, 4.69) is 16.0 Å². The third kappa shape index (κ3) is 4.57. The van der Waals surface area contributed by atoms with Crippen molar-refractivity contribution in [3.63, 3.8) is 0 Å². The molecule has 42 heavy (non-hydrogen) atoms. The fourth-order valence-electron chi connectivity index (χ4n) is 6.96. The van der Waals surface area contributed by atoms with E-state index in [-0.39, 0.29) is 35.0 Å². The first-order chi connectivity index (χ1) is 20.5. The second-order valence-corrected chi connectivity index (χ2v) is 11.5. The van der Waals surface area contributed by atoms with E-state index in [0.29, 0.717) is 61.4 Å². The summed E-state index contributed by atoms with van der Waals surface area (Å²) in [6.07, 6.45) is 2.05. The summed E-state index contributed by atoms with van der Waals surface area (Å²) in [6, 6.07) is 14.2. The molecule has 3 saturated heterocycles. The molecule has 0 spiro atoms. The highest BCUT2D eigenvalue weighted by Crippen LogP contribution is 2.42. The van der Waals surface area contributed by atoms with Crippen LogP contribution in [-0.4, -0.2) is 77.7 Å². The fraction of sp³-hybridized carbons (Fsp3) is 0.406. The number of phenolic OH excluding ortho intramolecular Hbond substituents is 1. The summed E-state index contributed by atoms with van der Waals surface area (Å²) < 4.78 is 43.0. The second kappa shape index (κ2) is 10.6. The first-order valence-corrected chi connectivity index (χ1v) is 14.5. The first-order valence-electron chi connectivity index (χ1n) is 14.5. The van der Waals surface area contributed by atoms with E-state index in [0.717, 1.165) is 31.2 Å². The van der Waals surface area contributed by atoms with E-state index >= 15 is 4.39 Å². The number of aromatic nitrogens is 2. The molecule has 3 aliphatic rings. The van der Waals surface area contributed by atoms with Crippen molar-refractivity contribution in [2.24, 2.45) is 0 Å². The van der Waals surface area contributed by atoms with Gasteiger partial charge in [-0.1, -0.05) is 24.3 Å². The van der Waals surface area contributed by atoms with Crippen LogP contribution in [0.2, 0.25) is 0 Å². The average molecular weight is 572 g/mol. The maximum atomic E-state index is 16.8. The molecule has 2 atom stereocenters. The van der Waals surface area contributed by atoms with Crippen LogP contribution in [0.15, 0.2) is 42.5 Å². The van der Waals surface area contributed by atoms with E-state index in [1.165, 1.54) is 6.07 Å². The van der Waals surface area contributed by atoms with Gasteiger partial charge in [-0.3, -0.25) is 4.90 Å². The van der Waals surface area contributed by atoms with Crippen molar-refractivity contribution in [3.8, 4) is 29.0 Å². The molecule has 0 unspecified atom stereocenters. The lowest BCUT2D eigenvalue weighted by molar-refractivity contribution is 0.107. The molecule has 216 valence electrons. The minimum absolute atomic E-state index is 0.0153. The molecule has 3 fully saturated rings. The number of fused-ring (bicyclic) bond motifs is 3. The maximum absolute atomic E-state index is 16.8. The fourth-order valence-corrected chi connectivity index (χ4v) is 6.96. The summed E-state index contributed by atoms with van der Waals surface area (Å²) in [5.41, 5.74) is 0.178. The van der Waals surface area contributed by atoms with E-state index in [4.69, 9.17) is 14.5 Å². The summed E-state index contributed by atoms with van der Waals surface area (Å²) in [6.45, 7) is 3.70. The van der Waals surface area contributed by atoms with Gasteiger partial charge in [0.15, 0.2) is 5.82 Å². The number of nitrogens with zero attached hydrogens (tertiary/aromatic N) is 5. The van der Waals surface area contributed by atoms with Gasteiger partial charge in [0.05, 0.1) is 23.8 Å². The number of anilines is 1. The molecule has 4 aromatic rings. The molecule has 0 saturated carbocycles. The van der Waals surface area contributed by atoms with Crippen LogP contribution >= 0.6 is 0 Å². The number of halogens is 2. The largest absolute Gasteiger partial charge is 0.508 e. The monoisotopic (exact) mass is 571 g/mol. The number of nitriles is 1. The summed E-state index contributed by atoms with van der Waals surface area (Å²) in [5.74, 6) is -0.254. The Kier molecular flexibility index (Phi) is 6.79. The van der Waals surface area contributed by atoms with Gasteiger partial charge in [0.1, 0.15) is 29.9 Å². The molecule has 0 aliphatic carbocycles. The van der Waals surface area contributed by atoms with Crippen molar-refractivity contribution in [1.29, 1.82) is 5.26 Å². The standard InChI is InChI=1S/C32H31F2N5O3/c33-22-16-32(7-3-9-39(32)18-22)19-42-31-36-29-26(30(37-31)38-8-4-11-41-12-10-38)14-21(17-35)27(28(29)34)25-15-23(40)13-20-5-1-2-6-24(20)25/h1-2,5-6,13-15,22,40H,3-4,7-12,16,18-19H2/t22-,32+/m1/s1. The van der Waals surface area contributed by atoms with E-state index in [1.54, 1.807) is 12.1 Å². The van der Waals surface area contributed by atoms with Crippen LogP contribution in [0.5, 0.6) is 11.8 Å². The molecule has 3 aromatic carbocycles. The van der Waals surface area contributed by atoms with Crippen molar-refractivity contribution >= 4 is 27.5 Å². The van der Waals surface area contributed by atoms with Gasteiger partial charge >= 0.3 is 6.01 Å². The Morgan fingerprint density at radius 1 is 1.10 bits per heavy atom. The minimum Gasteiger partial charge on any atom is -0.508 e. The SMILES string of the molecule is N#Cc1cc2c(N3CCCOCC3)nc(OC[C@@]34CCCN3C[C@H](F)C4)nc2c(F)c1-c1cc(O)cc2ccccc12. The average Bonchev–Trinajstić information content (AvgIpc) is 3.37. The van der Waals surface area contributed by atoms with Crippen LogP contribution in [-0.2, 0) is 4.74 Å². The molecule has 4 heterocycles. The number of hydrogen-bond donors (Lipinski definition) is 1. The van der Waals surface area contributed by atoms with Gasteiger partial charge in [0, 0.05) is 43.6 Å². The molecule has 0 bridgehead atoms. The summed E-state index contributed by atoms with van der Waals surface area (Å²) >= 11 is 0. The molecule has 3 aliphatic heterocycles. The maximum Gasteiger partial charge on any atom is 0.319 e. The molecular formula is C32H31F2N5O3. The summed E-state index contributed by atoms with van der Waals surface area (Å²) in [7, 11) is 0. The molecule has 0 amide bonds.